The zero-order valence-corrected chi connectivity index (χ0v) is 15.2. The molecule has 0 amide bonds. The van der Waals surface area contributed by atoms with Gasteiger partial charge in [-0.1, -0.05) is 19.1 Å². The maximum atomic E-state index is 14.3. The molecule has 1 atom stereocenters. The second-order valence-electron chi connectivity index (χ2n) is 5.32. The molecule has 0 fully saturated rings. The number of carbonyl (C=O) groups is 1. The molecule has 0 saturated carbocycles. The average Bonchev–Trinajstić information content (AvgIpc) is 2.96. The fourth-order valence-electron chi connectivity index (χ4n) is 2.38. The Morgan fingerprint density at radius 2 is 2.12 bits per heavy atom. The van der Waals surface area contributed by atoms with Crippen molar-refractivity contribution >= 4 is 21.9 Å². The molecule has 3 rings (SSSR count). The first-order valence-electron chi connectivity index (χ1n) is 7.72. The molecule has 7 nitrogen and oxygen atoms in total. The standard InChI is InChI=1S/C17H14BrFN4O3/c1-2-13(17(24)25)26-16-14(18)15(10-7-8-20-21-9-10)23(22-16)12-6-4-3-5-11(12)19/h3-9,13H,2H2,1H3,(H,24,25). The van der Waals surface area contributed by atoms with Crippen LogP contribution in [0.1, 0.15) is 13.3 Å². The van der Waals surface area contributed by atoms with Crippen LogP contribution in [0.4, 0.5) is 4.39 Å². The largest absolute Gasteiger partial charge is 0.479 e. The SMILES string of the molecule is CCC(Oc1nn(-c2ccccc2F)c(-c2ccnnc2)c1Br)C(=O)O. The lowest BCUT2D eigenvalue weighted by atomic mass is 10.2. The van der Waals surface area contributed by atoms with Gasteiger partial charge in [-0.25, -0.2) is 13.9 Å². The molecule has 9 heteroatoms. The third kappa shape index (κ3) is 3.43. The number of ether oxygens (including phenoxy) is 1. The highest BCUT2D eigenvalue weighted by Gasteiger charge is 2.25. The van der Waals surface area contributed by atoms with E-state index in [9.17, 15) is 14.3 Å². The van der Waals surface area contributed by atoms with Gasteiger partial charge in [0.05, 0.1) is 18.1 Å². The van der Waals surface area contributed by atoms with E-state index in [4.69, 9.17) is 4.74 Å². The van der Waals surface area contributed by atoms with Crippen LogP contribution in [0.15, 0.2) is 47.2 Å². The summed E-state index contributed by atoms with van der Waals surface area (Å²) < 4.78 is 21.6. The topological polar surface area (TPSA) is 90.1 Å². The number of halogens is 2. The van der Waals surface area contributed by atoms with E-state index in [0.717, 1.165) is 0 Å². The summed E-state index contributed by atoms with van der Waals surface area (Å²) in [5.41, 5.74) is 1.28. The molecular formula is C17H14BrFN4O3. The highest BCUT2D eigenvalue weighted by molar-refractivity contribution is 9.10. The van der Waals surface area contributed by atoms with Gasteiger partial charge in [0.25, 0.3) is 0 Å². The van der Waals surface area contributed by atoms with E-state index in [-0.39, 0.29) is 18.0 Å². The smallest absolute Gasteiger partial charge is 0.344 e. The molecule has 0 aliphatic heterocycles. The van der Waals surface area contributed by atoms with Crippen LogP contribution in [0, 0.1) is 5.82 Å². The summed E-state index contributed by atoms with van der Waals surface area (Å²) in [5.74, 6) is -1.54. The fraction of sp³-hybridized carbons (Fsp3) is 0.176. The molecule has 134 valence electrons. The monoisotopic (exact) mass is 420 g/mol. The number of benzene rings is 1. The van der Waals surface area contributed by atoms with E-state index in [1.165, 1.54) is 23.1 Å². The molecule has 2 aromatic heterocycles. The van der Waals surface area contributed by atoms with Crippen LogP contribution in [0.5, 0.6) is 5.88 Å². The van der Waals surface area contributed by atoms with Crippen LogP contribution in [0.3, 0.4) is 0 Å². The van der Waals surface area contributed by atoms with Crippen molar-refractivity contribution in [1.29, 1.82) is 0 Å². The number of aliphatic carboxylic acids is 1. The van der Waals surface area contributed by atoms with Crippen LogP contribution in [0.2, 0.25) is 0 Å². The Balaban J connectivity index is 2.18. The lowest BCUT2D eigenvalue weighted by molar-refractivity contribution is -0.145. The lowest BCUT2D eigenvalue weighted by Crippen LogP contribution is -2.26. The summed E-state index contributed by atoms with van der Waals surface area (Å²) in [4.78, 5) is 11.3. The second-order valence-corrected chi connectivity index (χ2v) is 6.11. The Bertz CT molecular complexity index is 933. The van der Waals surface area contributed by atoms with Gasteiger partial charge in [-0.15, -0.1) is 5.10 Å². The first-order chi connectivity index (χ1) is 12.5. The Morgan fingerprint density at radius 3 is 2.73 bits per heavy atom. The predicted molar refractivity (Wildman–Crippen MR) is 94.6 cm³/mol. The Kier molecular flexibility index (Phi) is 5.27. The van der Waals surface area contributed by atoms with Crippen molar-refractivity contribution < 1.29 is 19.0 Å². The Labute approximate surface area is 156 Å². The maximum Gasteiger partial charge on any atom is 0.344 e. The van der Waals surface area contributed by atoms with Crippen molar-refractivity contribution in [2.24, 2.45) is 0 Å². The van der Waals surface area contributed by atoms with Crippen LogP contribution in [-0.2, 0) is 4.79 Å². The molecule has 26 heavy (non-hydrogen) atoms. The van der Waals surface area contributed by atoms with E-state index >= 15 is 0 Å². The van der Waals surface area contributed by atoms with Gasteiger partial charge in [0.1, 0.15) is 16.0 Å². The van der Waals surface area contributed by atoms with Crippen LogP contribution < -0.4 is 4.74 Å². The lowest BCUT2D eigenvalue weighted by Gasteiger charge is -2.10. The number of aromatic nitrogens is 4. The normalized spacial score (nSPS) is 12.0. The zero-order valence-electron chi connectivity index (χ0n) is 13.6. The summed E-state index contributed by atoms with van der Waals surface area (Å²) >= 11 is 3.40. The van der Waals surface area contributed by atoms with Crippen LogP contribution in [-0.4, -0.2) is 37.2 Å². The molecule has 0 aliphatic carbocycles. The van der Waals surface area contributed by atoms with Crippen molar-refractivity contribution in [2.45, 2.75) is 19.4 Å². The van der Waals surface area contributed by atoms with E-state index in [1.807, 2.05) is 0 Å². The second kappa shape index (κ2) is 7.61. The van der Waals surface area contributed by atoms with Gasteiger partial charge in [-0.05, 0) is 40.5 Å². The summed E-state index contributed by atoms with van der Waals surface area (Å²) in [5, 5.41) is 21.1. The number of carboxylic acids is 1. The van der Waals surface area contributed by atoms with E-state index in [2.05, 4.69) is 31.2 Å². The molecule has 0 saturated heterocycles. The summed E-state index contributed by atoms with van der Waals surface area (Å²) in [7, 11) is 0. The van der Waals surface area contributed by atoms with E-state index in [0.29, 0.717) is 15.7 Å². The fourth-order valence-corrected chi connectivity index (χ4v) is 2.94. The molecular weight excluding hydrogens is 407 g/mol. The molecule has 1 unspecified atom stereocenters. The maximum absolute atomic E-state index is 14.3. The molecule has 3 aromatic rings. The van der Waals surface area contributed by atoms with Gasteiger partial charge in [-0.3, -0.25) is 0 Å². The minimum Gasteiger partial charge on any atom is -0.479 e. The highest BCUT2D eigenvalue weighted by Crippen LogP contribution is 2.38. The third-order valence-corrected chi connectivity index (χ3v) is 4.35. The first-order valence-corrected chi connectivity index (χ1v) is 8.52. The Morgan fingerprint density at radius 1 is 1.35 bits per heavy atom. The van der Waals surface area contributed by atoms with Gasteiger partial charge >= 0.3 is 5.97 Å². The molecule has 1 aromatic carbocycles. The molecule has 0 aliphatic rings. The number of nitrogens with zero attached hydrogens (tertiary/aromatic N) is 4. The number of carboxylic acid groups (broad SMARTS) is 1. The van der Waals surface area contributed by atoms with Gasteiger partial charge in [0, 0.05) is 5.56 Å². The van der Waals surface area contributed by atoms with Gasteiger partial charge in [0.15, 0.2) is 6.10 Å². The first kappa shape index (κ1) is 18.0. The zero-order chi connectivity index (χ0) is 18.7. The van der Waals surface area contributed by atoms with Crippen molar-refractivity contribution in [1.82, 2.24) is 20.0 Å². The minimum absolute atomic E-state index is 0.0503. The van der Waals surface area contributed by atoms with E-state index in [1.54, 1.807) is 31.2 Å². The predicted octanol–water partition coefficient (Wildman–Crippen LogP) is 3.47. The van der Waals surface area contributed by atoms with Gasteiger partial charge < -0.3 is 9.84 Å². The molecule has 1 N–H and O–H groups in total. The minimum atomic E-state index is -1.10. The molecule has 0 radical (unpaired) electrons. The number of rotatable bonds is 6. The number of para-hydroxylation sites is 1. The van der Waals surface area contributed by atoms with Crippen molar-refractivity contribution in [2.75, 3.05) is 0 Å². The molecule has 2 heterocycles. The van der Waals surface area contributed by atoms with Crippen molar-refractivity contribution in [3.05, 3.63) is 53.0 Å². The van der Waals surface area contributed by atoms with E-state index < -0.39 is 17.9 Å². The summed E-state index contributed by atoms with van der Waals surface area (Å²) in [6.45, 7) is 1.69. The summed E-state index contributed by atoms with van der Waals surface area (Å²) in [6, 6.07) is 7.80. The van der Waals surface area contributed by atoms with Crippen molar-refractivity contribution in [3.63, 3.8) is 0 Å². The highest BCUT2D eigenvalue weighted by atomic mass is 79.9. The number of hydrogen-bond acceptors (Lipinski definition) is 5. The number of hydrogen-bond donors (Lipinski definition) is 1. The van der Waals surface area contributed by atoms with Crippen LogP contribution >= 0.6 is 15.9 Å². The molecule has 0 spiro atoms. The average molecular weight is 421 g/mol. The van der Waals surface area contributed by atoms with Crippen molar-refractivity contribution in [3.8, 4) is 22.8 Å². The Hall–Kier alpha value is -2.81. The third-order valence-electron chi connectivity index (χ3n) is 3.64. The van der Waals surface area contributed by atoms with Gasteiger partial charge in [-0.2, -0.15) is 10.2 Å². The van der Waals surface area contributed by atoms with Crippen LogP contribution in [0.25, 0.3) is 16.9 Å². The molecule has 0 bridgehead atoms. The quantitative estimate of drug-likeness (QED) is 0.656. The summed E-state index contributed by atoms with van der Waals surface area (Å²) in [6.07, 6.45) is 2.17. The van der Waals surface area contributed by atoms with Gasteiger partial charge in [0.2, 0.25) is 5.88 Å².